The monoisotopic (exact) mass is 552 g/mol. The molecule has 206 valence electrons. The summed E-state index contributed by atoms with van der Waals surface area (Å²) in [6.07, 6.45) is -1.57. The summed E-state index contributed by atoms with van der Waals surface area (Å²) >= 11 is 0. The Hall–Kier alpha value is -5.12. The van der Waals surface area contributed by atoms with Gasteiger partial charge in [0.1, 0.15) is 17.0 Å². The third-order valence-electron chi connectivity index (χ3n) is 7.17. The van der Waals surface area contributed by atoms with Crippen molar-refractivity contribution in [2.45, 2.75) is 26.8 Å². The van der Waals surface area contributed by atoms with Gasteiger partial charge in [-0.2, -0.15) is 10.2 Å². The van der Waals surface area contributed by atoms with E-state index in [1.165, 1.54) is 12.3 Å². The number of amides is 1. The highest BCUT2D eigenvalue weighted by atomic mass is 19.3. The average Bonchev–Trinajstić information content (AvgIpc) is 3.53. The van der Waals surface area contributed by atoms with E-state index in [2.05, 4.69) is 44.8 Å². The molecule has 3 aromatic carbocycles. The van der Waals surface area contributed by atoms with Gasteiger partial charge in [0.2, 0.25) is 0 Å². The zero-order valence-corrected chi connectivity index (χ0v) is 22.6. The zero-order valence-electron chi connectivity index (χ0n) is 22.6. The molecule has 0 spiro atoms. The molecule has 0 aliphatic rings. The SMILES string of the molecule is COc1ccc(-c2cc(C(F)F)n3ncc(C(=O)Nc4c(C)nn(Cc5cccc6ccccc56)c4C)c3n2)cc1. The molecule has 1 N–H and O–H groups in total. The Labute approximate surface area is 234 Å². The van der Waals surface area contributed by atoms with Crippen LogP contribution in [0.25, 0.3) is 27.7 Å². The Bertz CT molecular complexity index is 1910. The van der Waals surface area contributed by atoms with Gasteiger partial charge in [-0.3, -0.25) is 9.48 Å². The Balaban J connectivity index is 1.34. The van der Waals surface area contributed by atoms with Gasteiger partial charge in [-0.1, -0.05) is 42.5 Å². The summed E-state index contributed by atoms with van der Waals surface area (Å²) in [4.78, 5) is 18.0. The Morgan fingerprint density at radius 3 is 2.54 bits per heavy atom. The topological polar surface area (TPSA) is 86.3 Å². The number of rotatable bonds is 7. The lowest BCUT2D eigenvalue weighted by Gasteiger charge is -2.10. The molecule has 0 aliphatic heterocycles. The second-order valence-corrected chi connectivity index (χ2v) is 9.68. The molecule has 6 aromatic rings. The van der Waals surface area contributed by atoms with Crippen molar-refractivity contribution < 1.29 is 18.3 Å². The average molecular weight is 553 g/mol. The summed E-state index contributed by atoms with van der Waals surface area (Å²) in [5.41, 5.74) is 3.68. The van der Waals surface area contributed by atoms with Crippen molar-refractivity contribution in [3.8, 4) is 17.0 Å². The van der Waals surface area contributed by atoms with Crippen LogP contribution in [0.2, 0.25) is 0 Å². The number of hydrogen-bond donors (Lipinski definition) is 1. The predicted octanol–water partition coefficient (Wildman–Crippen LogP) is 6.61. The molecule has 0 saturated carbocycles. The van der Waals surface area contributed by atoms with Crippen LogP contribution in [0.4, 0.5) is 14.5 Å². The molecule has 3 heterocycles. The molecule has 6 rings (SSSR count). The molecule has 0 atom stereocenters. The van der Waals surface area contributed by atoms with Crippen LogP contribution >= 0.6 is 0 Å². The fourth-order valence-corrected chi connectivity index (χ4v) is 5.02. The summed E-state index contributed by atoms with van der Waals surface area (Å²) in [7, 11) is 1.54. The second kappa shape index (κ2) is 10.5. The number of halogens is 2. The van der Waals surface area contributed by atoms with E-state index in [4.69, 9.17) is 4.74 Å². The molecular formula is C31H26F2N6O2. The fourth-order valence-electron chi connectivity index (χ4n) is 5.02. The van der Waals surface area contributed by atoms with Gasteiger partial charge in [0.25, 0.3) is 12.3 Å². The number of nitrogens with zero attached hydrogens (tertiary/aromatic N) is 5. The lowest BCUT2D eigenvalue weighted by Crippen LogP contribution is -2.14. The van der Waals surface area contributed by atoms with Crippen LogP contribution in [-0.2, 0) is 6.54 Å². The van der Waals surface area contributed by atoms with E-state index in [9.17, 15) is 13.6 Å². The number of benzene rings is 3. The van der Waals surface area contributed by atoms with Crippen molar-refractivity contribution in [2.24, 2.45) is 0 Å². The predicted molar refractivity (Wildman–Crippen MR) is 153 cm³/mol. The number of methoxy groups -OCH3 is 1. The highest BCUT2D eigenvalue weighted by Gasteiger charge is 2.23. The minimum Gasteiger partial charge on any atom is -0.497 e. The first-order chi connectivity index (χ1) is 19.8. The number of carbonyl (C=O) groups excluding carboxylic acids is 1. The molecule has 0 saturated heterocycles. The maximum Gasteiger partial charge on any atom is 0.280 e. The van der Waals surface area contributed by atoms with Crippen LogP contribution in [0.3, 0.4) is 0 Å². The molecule has 41 heavy (non-hydrogen) atoms. The van der Waals surface area contributed by atoms with Gasteiger partial charge in [0.05, 0.1) is 42.6 Å². The summed E-state index contributed by atoms with van der Waals surface area (Å²) < 4.78 is 36.1. The Morgan fingerprint density at radius 1 is 1.02 bits per heavy atom. The number of aryl methyl sites for hydroxylation is 1. The molecule has 1 amide bonds. The zero-order chi connectivity index (χ0) is 28.7. The van der Waals surface area contributed by atoms with Gasteiger partial charge in [-0.05, 0) is 60.5 Å². The van der Waals surface area contributed by atoms with E-state index in [0.29, 0.717) is 34.9 Å². The van der Waals surface area contributed by atoms with Crippen LogP contribution in [0.1, 0.15) is 39.4 Å². The van der Waals surface area contributed by atoms with Crippen molar-refractivity contribution in [1.29, 1.82) is 0 Å². The third kappa shape index (κ3) is 4.77. The number of alkyl halides is 2. The van der Waals surface area contributed by atoms with Gasteiger partial charge in [-0.15, -0.1) is 0 Å². The van der Waals surface area contributed by atoms with E-state index < -0.39 is 12.3 Å². The molecule has 0 aliphatic carbocycles. The number of carbonyl (C=O) groups is 1. The van der Waals surface area contributed by atoms with Crippen LogP contribution in [0.15, 0.2) is 79.0 Å². The maximum atomic E-state index is 14.0. The lowest BCUT2D eigenvalue weighted by molar-refractivity contribution is 0.102. The van der Waals surface area contributed by atoms with Crippen LogP contribution in [-0.4, -0.2) is 37.4 Å². The number of anilines is 1. The maximum absolute atomic E-state index is 14.0. The Kier molecular flexibility index (Phi) is 6.66. The first-order valence-corrected chi connectivity index (χ1v) is 13.0. The number of nitrogens with one attached hydrogen (secondary N) is 1. The lowest BCUT2D eigenvalue weighted by atomic mass is 10.0. The van der Waals surface area contributed by atoms with E-state index >= 15 is 0 Å². The molecular weight excluding hydrogens is 526 g/mol. The Morgan fingerprint density at radius 2 is 1.78 bits per heavy atom. The highest BCUT2D eigenvalue weighted by molar-refractivity contribution is 6.08. The van der Waals surface area contributed by atoms with Gasteiger partial charge in [-0.25, -0.2) is 18.3 Å². The van der Waals surface area contributed by atoms with Crippen LogP contribution < -0.4 is 10.1 Å². The molecule has 3 aromatic heterocycles. The summed E-state index contributed by atoms with van der Waals surface area (Å²) in [6.45, 7) is 4.21. The third-order valence-corrected chi connectivity index (χ3v) is 7.17. The fraction of sp³-hybridized carbons (Fsp3) is 0.161. The van der Waals surface area contributed by atoms with Crippen molar-refractivity contribution in [3.63, 3.8) is 0 Å². The molecule has 8 nitrogen and oxygen atoms in total. The van der Waals surface area contributed by atoms with Crippen molar-refractivity contribution in [1.82, 2.24) is 24.4 Å². The van der Waals surface area contributed by atoms with Gasteiger partial charge >= 0.3 is 0 Å². The number of aromatic nitrogens is 5. The second-order valence-electron chi connectivity index (χ2n) is 9.68. The quantitative estimate of drug-likeness (QED) is 0.241. The normalized spacial score (nSPS) is 11.5. The molecule has 0 unspecified atom stereocenters. The molecule has 0 radical (unpaired) electrons. The first-order valence-electron chi connectivity index (χ1n) is 13.0. The van der Waals surface area contributed by atoms with Gasteiger partial charge in [0, 0.05) is 5.56 Å². The summed E-state index contributed by atoms with van der Waals surface area (Å²) in [5, 5.41) is 13.9. The van der Waals surface area contributed by atoms with Crippen LogP contribution in [0, 0.1) is 13.8 Å². The molecule has 0 fully saturated rings. The van der Waals surface area contributed by atoms with Crippen molar-refractivity contribution in [2.75, 3.05) is 12.4 Å². The van der Waals surface area contributed by atoms with Crippen molar-refractivity contribution >= 4 is 28.0 Å². The van der Waals surface area contributed by atoms with E-state index in [-0.39, 0.29) is 16.9 Å². The summed E-state index contributed by atoms with van der Waals surface area (Å²) in [5.74, 6) is 0.107. The number of ether oxygens (including phenoxy) is 1. The number of fused-ring (bicyclic) bond motifs is 2. The smallest absolute Gasteiger partial charge is 0.280 e. The largest absolute Gasteiger partial charge is 0.497 e. The molecule has 10 heteroatoms. The standard InChI is InChI=1S/C31H26F2N6O2/c1-18-28(19(2)38(37-18)17-22-9-6-8-20-7-4-5-10-24(20)22)36-31(40)25-16-34-39-27(29(32)33)15-26(35-30(25)39)21-11-13-23(41-3)14-12-21/h4-16,29H,17H2,1-3H3,(H,36,40). The van der Waals surface area contributed by atoms with Gasteiger partial charge < -0.3 is 10.1 Å². The van der Waals surface area contributed by atoms with Crippen molar-refractivity contribution in [3.05, 3.63) is 107 Å². The van der Waals surface area contributed by atoms with E-state index in [0.717, 1.165) is 26.5 Å². The highest BCUT2D eigenvalue weighted by Crippen LogP contribution is 2.29. The first kappa shape index (κ1) is 26.1. The minimum atomic E-state index is -2.83. The molecule has 0 bridgehead atoms. The van der Waals surface area contributed by atoms with E-state index in [1.807, 2.05) is 36.7 Å². The number of hydrogen-bond acceptors (Lipinski definition) is 5. The van der Waals surface area contributed by atoms with E-state index in [1.54, 1.807) is 31.4 Å². The summed E-state index contributed by atoms with van der Waals surface area (Å²) in [6, 6.07) is 22.4. The van der Waals surface area contributed by atoms with Gasteiger partial charge in [0.15, 0.2) is 5.65 Å². The van der Waals surface area contributed by atoms with Crippen LogP contribution in [0.5, 0.6) is 5.75 Å². The minimum absolute atomic E-state index is 0.0320.